The molecule has 5 nitrogen and oxygen atoms in total. The zero-order valence-electron chi connectivity index (χ0n) is 12.0. The summed E-state index contributed by atoms with van der Waals surface area (Å²) in [6, 6.07) is 11.5. The molecule has 0 heterocycles. The Hall–Kier alpha value is -2.96. The van der Waals surface area contributed by atoms with Crippen LogP contribution in [0.3, 0.4) is 0 Å². The normalized spacial score (nSPS) is 10.0. The lowest BCUT2D eigenvalue weighted by Crippen LogP contribution is -2.44. The van der Waals surface area contributed by atoms with Gasteiger partial charge in [-0.05, 0) is 23.8 Å². The molecule has 2 aromatic carbocycles. The highest BCUT2D eigenvalue weighted by Gasteiger charge is 2.10. The molecule has 0 unspecified atom stereocenters. The first-order chi connectivity index (χ1) is 11.1. The fourth-order valence-electron chi connectivity index (χ4n) is 1.74. The van der Waals surface area contributed by atoms with Gasteiger partial charge in [0.25, 0.3) is 5.91 Å². The monoisotopic (exact) mass is 320 g/mol. The Morgan fingerprint density at radius 3 is 2.17 bits per heavy atom. The first-order valence-corrected chi connectivity index (χ1v) is 6.74. The van der Waals surface area contributed by atoms with Gasteiger partial charge in [-0.15, -0.1) is 0 Å². The zero-order valence-corrected chi connectivity index (χ0v) is 12.0. The lowest BCUT2D eigenvalue weighted by Gasteiger charge is -2.09. The molecule has 0 atom stereocenters. The average molecular weight is 320 g/mol. The van der Waals surface area contributed by atoms with E-state index in [1.807, 2.05) is 0 Å². The summed E-state index contributed by atoms with van der Waals surface area (Å²) in [6.45, 7) is -0.471. The molecule has 2 amide bonds. The smallest absolute Gasteiger partial charge is 0.276 e. The Morgan fingerprint density at radius 1 is 0.870 bits per heavy atom. The minimum absolute atomic E-state index is 0.0691. The van der Waals surface area contributed by atoms with Gasteiger partial charge in [-0.25, -0.2) is 8.78 Å². The third-order valence-corrected chi connectivity index (χ3v) is 2.85. The minimum Gasteiger partial charge on any atom is -0.481 e. The number of carbonyl (C=O) groups is 2. The number of halogens is 2. The third-order valence-electron chi connectivity index (χ3n) is 2.85. The summed E-state index contributed by atoms with van der Waals surface area (Å²) in [4.78, 5) is 23.1. The second kappa shape index (κ2) is 7.88. The number of amides is 2. The van der Waals surface area contributed by atoms with Gasteiger partial charge < -0.3 is 4.74 Å². The Labute approximate surface area is 131 Å². The quantitative estimate of drug-likeness (QED) is 0.825. The van der Waals surface area contributed by atoms with Gasteiger partial charge in [0.1, 0.15) is 5.82 Å². The van der Waals surface area contributed by atoms with Crippen LogP contribution in [0.2, 0.25) is 0 Å². The van der Waals surface area contributed by atoms with Crippen LogP contribution >= 0.6 is 0 Å². The van der Waals surface area contributed by atoms with Gasteiger partial charge in [0.05, 0.1) is 6.42 Å². The number of hydrazine groups is 1. The summed E-state index contributed by atoms with van der Waals surface area (Å²) in [5.41, 5.74) is 4.44. The summed E-state index contributed by atoms with van der Waals surface area (Å²) >= 11 is 0. The van der Waals surface area contributed by atoms with Crippen molar-refractivity contribution in [3.05, 3.63) is 65.7 Å². The van der Waals surface area contributed by atoms with Crippen LogP contribution in [0.4, 0.5) is 8.78 Å². The van der Waals surface area contributed by atoms with Gasteiger partial charge in [0, 0.05) is 0 Å². The molecule has 120 valence electrons. The highest BCUT2D eigenvalue weighted by Crippen LogP contribution is 2.14. The Kier molecular flexibility index (Phi) is 5.62. The van der Waals surface area contributed by atoms with E-state index in [1.165, 1.54) is 36.4 Å². The molecule has 0 fully saturated rings. The van der Waals surface area contributed by atoms with Gasteiger partial charge >= 0.3 is 0 Å². The van der Waals surface area contributed by atoms with E-state index in [9.17, 15) is 18.4 Å². The van der Waals surface area contributed by atoms with Gasteiger partial charge in [0.2, 0.25) is 5.91 Å². The fraction of sp³-hybridized carbons (Fsp3) is 0.125. The number of hydrogen-bond acceptors (Lipinski definition) is 3. The van der Waals surface area contributed by atoms with Gasteiger partial charge in [-0.2, -0.15) is 0 Å². The predicted molar refractivity (Wildman–Crippen MR) is 78.3 cm³/mol. The van der Waals surface area contributed by atoms with Crippen molar-refractivity contribution in [2.75, 3.05) is 6.61 Å². The molecule has 0 aliphatic heterocycles. The zero-order chi connectivity index (χ0) is 16.7. The van der Waals surface area contributed by atoms with E-state index in [0.29, 0.717) is 0 Å². The van der Waals surface area contributed by atoms with Gasteiger partial charge in [-0.1, -0.05) is 30.3 Å². The number of hydrogen-bond donors (Lipinski definition) is 2. The van der Waals surface area contributed by atoms with Crippen LogP contribution in [-0.2, 0) is 16.0 Å². The molecule has 0 aliphatic rings. The maximum absolute atomic E-state index is 13.4. The van der Waals surface area contributed by atoms with Gasteiger partial charge in [-0.3, -0.25) is 20.4 Å². The molecule has 2 aromatic rings. The second-order valence-corrected chi connectivity index (χ2v) is 4.58. The van der Waals surface area contributed by atoms with Crippen molar-refractivity contribution in [3.63, 3.8) is 0 Å². The maximum atomic E-state index is 13.4. The summed E-state index contributed by atoms with van der Waals surface area (Å²) in [5.74, 6) is -2.43. The van der Waals surface area contributed by atoms with Crippen LogP contribution in [0.5, 0.6) is 5.75 Å². The van der Waals surface area contributed by atoms with Crippen LogP contribution in [-0.4, -0.2) is 18.4 Å². The largest absolute Gasteiger partial charge is 0.481 e. The standard InChI is InChI=1S/C16H14F2N2O3/c17-12-6-2-1-5-11(12)9-15(21)19-20-16(22)10-23-14-8-4-3-7-13(14)18/h1-8H,9-10H2,(H,19,21)(H,20,22). The van der Waals surface area contributed by atoms with Crippen molar-refractivity contribution in [2.45, 2.75) is 6.42 Å². The SMILES string of the molecule is O=C(COc1ccccc1F)NNC(=O)Cc1ccccc1F. The Bertz CT molecular complexity index is 707. The van der Waals surface area contributed by atoms with Crippen molar-refractivity contribution in [2.24, 2.45) is 0 Å². The Balaban J connectivity index is 1.75. The van der Waals surface area contributed by atoms with Crippen LogP contribution in [0.25, 0.3) is 0 Å². The first-order valence-electron chi connectivity index (χ1n) is 6.74. The number of rotatable bonds is 5. The first kappa shape index (κ1) is 16.4. The molecule has 23 heavy (non-hydrogen) atoms. The molecule has 0 radical (unpaired) electrons. The van der Waals surface area contributed by atoms with E-state index in [1.54, 1.807) is 12.1 Å². The van der Waals surface area contributed by atoms with Crippen LogP contribution < -0.4 is 15.6 Å². The maximum Gasteiger partial charge on any atom is 0.276 e. The van der Waals surface area contributed by atoms with Gasteiger partial charge in [0.15, 0.2) is 18.2 Å². The number of carbonyl (C=O) groups excluding carboxylic acids is 2. The molecule has 0 saturated carbocycles. The summed E-state index contributed by atoms with van der Waals surface area (Å²) in [6.07, 6.45) is -0.221. The lowest BCUT2D eigenvalue weighted by molar-refractivity contribution is -0.129. The number of nitrogens with one attached hydrogen (secondary N) is 2. The number of para-hydroxylation sites is 1. The molecule has 0 saturated heterocycles. The number of ether oxygens (including phenoxy) is 1. The summed E-state index contributed by atoms with van der Waals surface area (Å²) in [7, 11) is 0. The van der Waals surface area contributed by atoms with E-state index in [0.717, 1.165) is 0 Å². The summed E-state index contributed by atoms with van der Waals surface area (Å²) < 4.78 is 31.6. The molecule has 2 N–H and O–H groups in total. The number of benzene rings is 2. The van der Waals surface area contributed by atoms with E-state index in [-0.39, 0.29) is 17.7 Å². The predicted octanol–water partition coefficient (Wildman–Crippen LogP) is 1.73. The molecule has 7 heteroatoms. The molecular formula is C16H14F2N2O3. The van der Waals surface area contributed by atoms with Crippen LogP contribution in [0.1, 0.15) is 5.56 Å². The van der Waals surface area contributed by atoms with Crippen molar-refractivity contribution < 1.29 is 23.1 Å². The Morgan fingerprint density at radius 2 is 1.48 bits per heavy atom. The molecule has 0 spiro atoms. The van der Waals surface area contributed by atoms with E-state index < -0.39 is 30.1 Å². The van der Waals surface area contributed by atoms with E-state index in [2.05, 4.69) is 10.9 Å². The minimum atomic E-state index is -0.671. The molecule has 0 aromatic heterocycles. The van der Waals surface area contributed by atoms with Crippen molar-refractivity contribution in [3.8, 4) is 5.75 Å². The van der Waals surface area contributed by atoms with Crippen molar-refractivity contribution in [1.82, 2.24) is 10.9 Å². The highest BCUT2D eigenvalue weighted by atomic mass is 19.1. The lowest BCUT2D eigenvalue weighted by atomic mass is 10.1. The van der Waals surface area contributed by atoms with Crippen molar-refractivity contribution >= 4 is 11.8 Å². The fourth-order valence-corrected chi connectivity index (χ4v) is 1.74. The van der Waals surface area contributed by atoms with Crippen molar-refractivity contribution in [1.29, 1.82) is 0 Å². The molecule has 2 rings (SSSR count). The molecular weight excluding hydrogens is 306 g/mol. The van der Waals surface area contributed by atoms with E-state index in [4.69, 9.17) is 4.74 Å². The average Bonchev–Trinajstić information content (AvgIpc) is 2.54. The second-order valence-electron chi connectivity index (χ2n) is 4.58. The third kappa shape index (κ3) is 5.06. The molecule has 0 aliphatic carbocycles. The van der Waals surface area contributed by atoms with Crippen LogP contribution in [0.15, 0.2) is 48.5 Å². The molecule has 0 bridgehead atoms. The summed E-state index contributed by atoms with van der Waals surface area (Å²) in [5, 5.41) is 0. The van der Waals surface area contributed by atoms with E-state index >= 15 is 0 Å². The van der Waals surface area contributed by atoms with Crippen LogP contribution in [0, 0.1) is 11.6 Å². The highest BCUT2D eigenvalue weighted by molar-refractivity contribution is 5.83. The topological polar surface area (TPSA) is 67.4 Å².